The quantitative estimate of drug-likeness (QED) is 0.589. The fourth-order valence-electron chi connectivity index (χ4n) is 4.11. The molecule has 1 N–H and O–H groups in total. The Balaban J connectivity index is 1.43. The van der Waals surface area contributed by atoms with Crippen LogP contribution in [-0.2, 0) is 16.6 Å². The zero-order valence-electron chi connectivity index (χ0n) is 19.3. The van der Waals surface area contributed by atoms with E-state index >= 15 is 0 Å². The second kappa shape index (κ2) is 9.49. The summed E-state index contributed by atoms with van der Waals surface area (Å²) in [5, 5.41) is 7.34. The lowest BCUT2D eigenvalue weighted by Crippen LogP contribution is -2.37. The van der Waals surface area contributed by atoms with Gasteiger partial charge in [0.15, 0.2) is 0 Å². The molecule has 1 amide bonds. The predicted molar refractivity (Wildman–Crippen MR) is 129 cm³/mol. The first-order valence-electron chi connectivity index (χ1n) is 11.2. The number of sulfonamides is 1. The molecule has 0 unspecified atom stereocenters. The van der Waals surface area contributed by atoms with E-state index in [1.54, 1.807) is 34.6 Å². The van der Waals surface area contributed by atoms with Crippen molar-refractivity contribution in [2.75, 3.05) is 18.4 Å². The minimum Gasteiger partial charge on any atom is -0.322 e. The Labute approximate surface area is 195 Å². The van der Waals surface area contributed by atoms with Crippen molar-refractivity contribution in [3.8, 4) is 0 Å². The van der Waals surface area contributed by atoms with E-state index in [1.807, 2.05) is 42.8 Å². The number of hydrogen-bond acceptors (Lipinski definition) is 4. The number of aryl methyl sites for hydroxylation is 2. The van der Waals surface area contributed by atoms with Gasteiger partial charge in [-0.15, -0.1) is 0 Å². The molecule has 1 fully saturated rings. The summed E-state index contributed by atoms with van der Waals surface area (Å²) < 4.78 is 29.2. The van der Waals surface area contributed by atoms with Gasteiger partial charge in [-0.1, -0.05) is 19.1 Å². The molecule has 174 valence electrons. The molecule has 7 nitrogen and oxygen atoms in total. The lowest BCUT2D eigenvalue weighted by molar-refractivity contribution is 0.102. The summed E-state index contributed by atoms with van der Waals surface area (Å²) in [5.74, 6) is 0.311. The van der Waals surface area contributed by atoms with E-state index in [0.29, 0.717) is 36.8 Å². The number of anilines is 1. The highest BCUT2D eigenvalue weighted by Gasteiger charge is 2.27. The van der Waals surface area contributed by atoms with Crippen LogP contribution in [0.15, 0.2) is 59.5 Å². The van der Waals surface area contributed by atoms with Crippen LogP contribution < -0.4 is 5.32 Å². The molecule has 0 bridgehead atoms. The first-order valence-corrected chi connectivity index (χ1v) is 12.7. The Bertz CT molecular complexity index is 1240. The van der Waals surface area contributed by atoms with Gasteiger partial charge in [-0.2, -0.15) is 9.40 Å². The van der Waals surface area contributed by atoms with E-state index < -0.39 is 10.0 Å². The van der Waals surface area contributed by atoms with Crippen LogP contribution in [0.3, 0.4) is 0 Å². The second-order valence-corrected chi connectivity index (χ2v) is 10.8. The van der Waals surface area contributed by atoms with Crippen molar-refractivity contribution in [1.82, 2.24) is 14.1 Å². The van der Waals surface area contributed by atoms with Gasteiger partial charge in [-0.05, 0) is 80.6 Å². The molecule has 4 rings (SSSR count). The van der Waals surface area contributed by atoms with Crippen LogP contribution in [0.4, 0.5) is 5.69 Å². The lowest BCUT2D eigenvalue weighted by atomic mass is 10.0. The van der Waals surface area contributed by atoms with Crippen LogP contribution in [0.2, 0.25) is 0 Å². The van der Waals surface area contributed by atoms with Gasteiger partial charge in [0, 0.05) is 30.0 Å². The zero-order valence-corrected chi connectivity index (χ0v) is 20.1. The summed E-state index contributed by atoms with van der Waals surface area (Å²) in [6.07, 6.45) is 1.76. The van der Waals surface area contributed by atoms with Crippen molar-refractivity contribution < 1.29 is 13.2 Å². The molecular formula is C25H30N4O3S. The third kappa shape index (κ3) is 5.34. The van der Waals surface area contributed by atoms with Crippen molar-refractivity contribution in [3.05, 3.63) is 77.1 Å². The summed E-state index contributed by atoms with van der Waals surface area (Å²) in [6, 6.07) is 15.8. The maximum absolute atomic E-state index is 12.9. The summed E-state index contributed by atoms with van der Waals surface area (Å²) in [5.41, 5.74) is 4.09. The van der Waals surface area contributed by atoms with E-state index in [2.05, 4.69) is 17.3 Å². The second-order valence-electron chi connectivity index (χ2n) is 8.85. The van der Waals surface area contributed by atoms with Gasteiger partial charge in [0.25, 0.3) is 5.91 Å². The molecule has 3 aromatic rings. The van der Waals surface area contributed by atoms with Crippen LogP contribution in [-0.4, -0.2) is 41.5 Å². The zero-order chi connectivity index (χ0) is 23.6. The number of nitrogens with zero attached hydrogens (tertiary/aromatic N) is 3. The number of carbonyl (C=O) groups excluding carboxylic acids is 1. The smallest absolute Gasteiger partial charge is 0.255 e. The third-order valence-electron chi connectivity index (χ3n) is 6.12. The third-order valence-corrected chi connectivity index (χ3v) is 8.03. The summed E-state index contributed by atoms with van der Waals surface area (Å²) in [4.78, 5) is 13.0. The maximum atomic E-state index is 12.9. The molecule has 1 saturated heterocycles. The van der Waals surface area contributed by atoms with Crippen molar-refractivity contribution >= 4 is 21.6 Å². The summed E-state index contributed by atoms with van der Waals surface area (Å²) >= 11 is 0. The Morgan fingerprint density at radius 3 is 2.39 bits per heavy atom. The van der Waals surface area contributed by atoms with E-state index in [0.717, 1.165) is 29.8 Å². The highest BCUT2D eigenvalue weighted by atomic mass is 32.2. The average Bonchev–Trinajstić information content (AvgIpc) is 3.11. The molecule has 0 spiro atoms. The number of carbonyl (C=O) groups is 1. The predicted octanol–water partition coefficient (Wildman–Crippen LogP) is 4.22. The van der Waals surface area contributed by atoms with E-state index in [4.69, 9.17) is 0 Å². The van der Waals surface area contributed by atoms with Crippen molar-refractivity contribution in [2.24, 2.45) is 5.92 Å². The van der Waals surface area contributed by atoms with Crippen LogP contribution in [0.1, 0.15) is 47.1 Å². The Morgan fingerprint density at radius 2 is 1.76 bits per heavy atom. The molecule has 2 aromatic carbocycles. The van der Waals surface area contributed by atoms with Crippen LogP contribution in [0.5, 0.6) is 0 Å². The number of aromatic nitrogens is 2. The fraction of sp³-hybridized carbons (Fsp3) is 0.360. The van der Waals surface area contributed by atoms with Crippen molar-refractivity contribution in [2.45, 2.75) is 45.1 Å². The molecular weight excluding hydrogens is 436 g/mol. The molecule has 0 aliphatic carbocycles. The normalized spacial score (nSPS) is 15.5. The molecule has 1 aliphatic rings. The van der Waals surface area contributed by atoms with Gasteiger partial charge in [-0.25, -0.2) is 8.42 Å². The van der Waals surface area contributed by atoms with E-state index in [9.17, 15) is 13.2 Å². The number of rotatable bonds is 6. The monoisotopic (exact) mass is 466 g/mol. The van der Waals surface area contributed by atoms with Crippen LogP contribution in [0, 0.1) is 19.8 Å². The minimum atomic E-state index is -3.51. The first kappa shape index (κ1) is 23.2. The Morgan fingerprint density at radius 1 is 1.06 bits per heavy atom. The SMILES string of the molecule is Cc1cc(C)n(Cc2cccc(C(=O)Nc3ccc(S(=O)(=O)N4CCC(C)CC4)cc3)c2)n1. The molecule has 8 heteroatoms. The van der Waals surface area contributed by atoms with Gasteiger partial charge in [0.2, 0.25) is 10.0 Å². The first-order chi connectivity index (χ1) is 15.7. The van der Waals surface area contributed by atoms with Gasteiger partial charge in [0.1, 0.15) is 0 Å². The Kier molecular flexibility index (Phi) is 6.67. The molecule has 0 radical (unpaired) electrons. The van der Waals surface area contributed by atoms with Crippen LogP contribution >= 0.6 is 0 Å². The van der Waals surface area contributed by atoms with Crippen molar-refractivity contribution in [3.63, 3.8) is 0 Å². The molecule has 0 atom stereocenters. The Hall–Kier alpha value is -2.97. The number of nitrogens with one attached hydrogen (secondary N) is 1. The van der Waals surface area contributed by atoms with Gasteiger partial charge in [0.05, 0.1) is 17.1 Å². The number of amides is 1. The maximum Gasteiger partial charge on any atom is 0.255 e. The topological polar surface area (TPSA) is 84.3 Å². The average molecular weight is 467 g/mol. The van der Waals surface area contributed by atoms with Gasteiger partial charge in [-0.3, -0.25) is 9.48 Å². The number of hydrogen-bond donors (Lipinski definition) is 1. The molecule has 1 aromatic heterocycles. The molecule has 0 saturated carbocycles. The summed E-state index contributed by atoms with van der Waals surface area (Å²) in [6.45, 7) is 7.80. The highest BCUT2D eigenvalue weighted by molar-refractivity contribution is 7.89. The van der Waals surface area contributed by atoms with Crippen molar-refractivity contribution in [1.29, 1.82) is 0 Å². The highest BCUT2D eigenvalue weighted by Crippen LogP contribution is 2.24. The van der Waals surface area contributed by atoms with E-state index in [1.165, 1.54) is 0 Å². The standard InChI is InChI=1S/C25H30N4O3S/c1-18-11-13-28(14-12-18)33(31,32)24-9-7-23(8-10-24)26-25(30)22-6-4-5-21(16-22)17-29-20(3)15-19(2)27-29/h4-10,15-16,18H,11-14,17H2,1-3H3,(H,26,30). The molecule has 1 aliphatic heterocycles. The van der Waals surface area contributed by atoms with Crippen LogP contribution in [0.25, 0.3) is 0 Å². The molecule has 33 heavy (non-hydrogen) atoms. The van der Waals surface area contributed by atoms with Gasteiger partial charge < -0.3 is 5.32 Å². The molecule has 2 heterocycles. The summed E-state index contributed by atoms with van der Waals surface area (Å²) in [7, 11) is -3.51. The largest absolute Gasteiger partial charge is 0.322 e. The fourth-order valence-corrected chi connectivity index (χ4v) is 5.58. The lowest BCUT2D eigenvalue weighted by Gasteiger charge is -2.29. The van der Waals surface area contributed by atoms with Gasteiger partial charge >= 0.3 is 0 Å². The minimum absolute atomic E-state index is 0.245. The number of piperidine rings is 1. The van der Waals surface area contributed by atoms with E-state index in [-0.39, 0.29) is 10.8 Å². The number of benzene rings is 2.